The molecule has 0 saturated carbocycles. The van der Waals surface area contributed by atoms with Crippen LogP contribution in [0.1, 0.15) is 70.8 Å². The van der Waals surface area contributed by atoms with Crippen LogP contribution >= 0.6 is 0 Å². The lowest BCUT2D eigenvalue weighted by molar-refractivity contribution is -0.384. The van der Waals surface area contributed by atoms with Crippen LogP contribution in [0.25, 0.3) is 0 Å². The van der Waals surface area contributed by atoms with E-state index in [1.807, 2.05) is 0 Å². The van der Waals surface area contributed by atoms with Crippen LogP contribution in [-0.4, -0.2) is 18.0 Å². The fourth-order valence-electron chi connectivity index (χ4n) is 2.81. The quantitative estimate of drug-likeness (QED) is 0.291. The minimum atomic E-state index is -0.447. The van der Waals surface area contributed by atoms with E-state index in [-0.39, 0.29) is 5.69 Å². The van der Waals surface area contributed by atoms with Crippen LogP contribution in [-0.2, 0) is 0 Å². The minimum absolute atomic E-state index is 0.0211. The van der Waals surface area contributed by atoms with Crippen LogP contribution in [0.4, 0.5) is 11.4 Å². The van der Waals surface area contributed by atoms with Gasteiger partial charge in [0, 0.05) is 25.2 Å². The van der Waals surface area contributed by atoms with Crippen molar-refractivity contribution in [3.63, 3.8) is 0 Å². The molecule has 0 radical (unpaired) electrons. The molecule has 24 heavy (non-hydrogen) atoms. The second-order valence-corrected chi connectivity index (χ2v) is 6.18. The molecule has 132 valence electrons. The van der Waals surface area contributed by atoms with Gasteiger partial charge in [0.2, 0.25) is 0 Å². The number of nitro benzene ring substituents is 1. The van der Waals surface area contributed by atoms with Crippen LogP contribution in [0.5, 0.6) is 0 Å². The van der Waals surface area contributed by atoms with Crippen molar-refractivity contribution in [2.45, 2.75) is 65.2 Å². The molecular formula is C19H29N3O2. The van der Waals surface area contributed by atoms with Crippen LogP contribution in [0, 0.1) is 21.4 Å². The molecule has 1 aromatic carbocycles. The van der Waals surface area contributed by atoms with Crippen molar-refractivity contribution in [2.75, 3.05) is 18.0 Å². The number of hydrogen-bond acceptors (Lipinski definition) is 4. The first kappa shape index (κ1) is 20.0. The van der Waals surface area contributed by atoms with Crippen molar-refractivity contribution in [3.05, 3.63) is 33.9 Å². The lowest BCUT2D eigenvalue weighted by atomic mass is 10.1. The molecule has 0 heterocycles. The van der Waals surface area contributed by atoms with Gasteiger partial charge in [0.05, 0.1) is 16.2 Å². The molecule has 0 spiro atoms. The highest BCUT2D eigenvalue weighted by Crippen LogP contribution is 2.26. The standard InChI is InChI=1S/C19H29N3O2/c1-3-5-7-9-13-21(14-10-8-6-4-2)19-12-11-18(22(23)24)15-17(19)16-20/h11-12,15H,3-10,13-14H2,1-2H3. The third-order valence-electron chi connectivity index (χ3n) is 4.22. The lowest BCUT2D eigenvalue weighted by Gasteiger charge is -2.26. The Kier molecular flexibility index (Phi) is 9.52. The first-order chi connectivity index (χ1) is 11.6. The van der Waals surface area contributed by atoms with Gasteiger partial charge in [0.25, 0.3) is 5.69 Å². The minimum Gasteiger partial charge on any atom is -0.370 e. The van der Waals surface area contributed by atoms with Crippen molar-refractivity contribution in [2.24, 2.45) is 0 Å². The average Bonchev–Trinajstić information content (AvgIpc) is 2.59. The van der Waals surface area contributed by atoms with E-state index >= 15 is 0 Å². The van der Waals surface area contributed by atoms with Gasteiger partial charge in [-0.15, -0.1) is 0 Å². The summed E-state index contributed by atoms with van der Waals surface area (Å²) in [5.74, 6) is 0. The number of anilines is 1. The van der Waals surface area contributed by atoms with Crippen molar-refractivity contribution >= 4 is 11.4 Å². The molecule has 0 amide bonds. The molecule has 0 bridgehead atoms. The van der Waals surface area contributed by atoms with Gasteiger partial charge in [0.1, 0.15) is 6.07 Å². The maximum atomic E-state index is 10.9. The van der Waals surface area contributed by atoms with E-state index in [4.69, 9.17) is 0 Å². The van der Waals surface area contributed by atoms with E-state index < -0.39 is 4.92 Å². The fourth-order valence-corrected chi connectivity index (χ4v) is 2.81. The molecule has 0 aliphatic carbocycles. The van der Waals surface area contributed by atoms with E-state index in [2.05, 4.69) is 24.8 Å². The Morgan fingerprint density at radius 2 is 1.62 bits per heavy atom. The second-order valence-electron chi connectivity index (χ2n) is 6.18. The van der Waals surface area contributed by atoms with Gasteiger partial charge in [0.15, 0.2) is 0 Å². The molecule has 0 atom stereocenters. The van der Waals surface area contributed by atoms with Gasteiger partial charge in [-0.25, -0.2) is 0 Å². The highest BCUT2D eigenvalue weighted by molar-refractivity contribution is 5.62. The first-order valence-corrected chi connectivity index (χ1v) is 9.07. The Morgan fingerprint density at radius 1 is 1.04 bits per heavy atom. The SMILES string of the molecule is CCCCCCN(CCCCCC)c1ccc([N+](=O)[O-])cc1C#N. The van der Waals surface area contributed by atoms with Crippen LogP contribution < -0.4 is 4.90 Å². The molecule has 5 heteroatoms. The second kappa shape index (κ2) is 11.4. The largest absolute Gasteiger partial charge is 0.370 e. The number of nitriles is 1. The number of nitrogens with zero attached hydrogens (tertiary/aromatic N) is 3. The number of unbranched alkanes of at least 4 members (excludes halogenated alkanes) is 6. The third kappa shape index (κ3) is 6.57. The summed E-state index contributed by atoms with van der Waals surface area (Å²) < 4.78 is 0. The summed E-state index contributed by atoms with van der Waals surface area (Å²) >= 11 is 0. The molecule has 0 N–H and O–H groups in total. The predicted octanol–water partition coefficient (Wildman–Crippen LogP) is 5.43. The van der Waals surface area contributed by atoms with Crippen LogP contribution in [0.15, 0.2) is 18.2 Å². The molecule has 1 rings (SSSR count). The highest BCUT2D eigenvalue weighted by atomic mass is 16.6. The number of rotatable bonds is 12. The van der Waals surface area contributed by atoms with E-state index in [9.17, 15) is 15.4 Å². The van der Waals surface area contributed by atoms with Gasteiger partial charge >= 0.3 is 0 Å². The van der Waals surface area contributed by atoms with Crippen molar-refractivity contribution in [3.8, 4) is 6.07 Å². The number of hydrogen-bond donors (Lipinski definition) is 0. The molecule has 0 aliphatic rings. The summed E-state index contributed by atoms with van der Waals surface area (Å²) in [5, 5.41) is 20.3. The fraction of sp³-hybridized carbons (Fsp3) is 0.632. The topological polar surface area (TPSA) is 70.2 Å². The molecule has 5 nitrogen and oxygen atoms in total. The molecule has 0 fully saturated rings. The summed E-state index contributed by atoms with van der Waals surface area (Å²) in [7, 11) is 0. The summed E-state index contributed by atoms with van der Waals surface area (Å²) in [4.78, 5) is 12.7. The maximum absolute atomic E-state index is 10.9. The molecule has 0 unspecified atom stereocenters. The Morgan fingerprint density at radius 3 is 2.08 bits per heavy atom. The van der Waals surface area contributed by atoms with Crippen molar-refractivity contribution in [1.82, 2.24) is 0 Å². The molecule has 1 aromatic rings. The van der Waals surface area contributed by atoms with Crippen LogP contribution in [0.3, 0.4) is 0 Å². The lowest BCUT2D eigenvalue weighted by Crippen LogP contribution is -2.26. The van der Waals surface area contributed by atoms with Gasteiger partial charge < -0.3 is 4.90 Å². The van der Waals surface area contributed by atoms with E-state index in [1.54, 1.807) is 6.07 Å². The summed E-state index contributed by atoms with van der Waals surface area (Å²) in [6.07, 6.45) is 9.35. The van der Waals surface area contributed by atoms with Crippen LogP contribution in [0.2, 0.25) is 0 Å². The Hall–Kier alpha value is -2.09. The van der Waals surface area contributed by atoms with Crippen molar-refractivity contribution < 1.29 is 4.92 Å². The number of nitro groups is 1. The normalized spacial score (nSPS) is 10.4. The maximum Gasteiger partial charge on any atom is 0.270 e. The zero-order valence-electron chi connectivity index (χ0n) is 15.0. The van der Waals surface area contributed by atoms with Gasteiger partial charge in [-0.3, -0.25) is 10.1 Å². The molecule has 0 aromatic heterocycles. The zero-order chi connectivity index (χ0) is 17.8. The van der Waals surface area contributed by atoms with E-state index in [0.29, 0.717) is 5.56 Å². The predicted molar refractivity (Wildman–Crippen MR) is 98.3 cm³/mol. The smallest absolute Gasteiger partial charge is 0.270 e. The number of non-ortho nitro benzene ring substituents is 1. The highest BCUT2D eigenvalue weighted by Gasteiger charge is 2.15. The van der Waals surface area contributed by atoms with Gasteiger partial charge in [-0.2, -0.15) is 5.26 Å². The molecule has 0 saturated heterocycles. The van der Waals surface area contributed by atoms with E-state index in [0.717, 1.165) is 31.6 Å². The number of benzene rings is 1. The first-order valence-electron chi connectivity index (χ1n) is 9.07. The molecule has 0 aliphatic heterocycles. The summed E-state index contributed by atoms with van der Waals surface area (Å²) in [5.41, 5.74) is 1.21. The Labute approximate surface area is 145 Å². The Bertz CT molecular complexity index is 540. The third-order valence-corrected chi connectivity index (χ3v) is 4.22. The average molecular weight is 331 g/mol. The Balaban J connectivity index is 2.86. The molecular weight excluding hydrogens is 302 g/mol. The summed E-state index contributed by atoms with van der Waals surface area (Å²) in [6, 6.07) is 6.75. The summed E-state index contributed by atoms with van der Waals surface area (Å²) in [6.45, 7) is 6.18. The van der Waals surface area contributed by atoms with Crippen molar-refractivity contribution in [1.29, 1.82) is 5.26 Å². The monoisotopic (exact) mass is 331 g/mol. The van der Waals surface area contributed by atoms with Gasteiger partial charge in [-0.1, -0.05) is 52.4 Å². The zero-order valence-corrected chi connectivity index (χ0v) is 15.0. The van der Waals surface area contributed by atoms with E-state index in [1.165, 1.54) is 50.7 Å². The van der Waals surface area contributed by atoms with Gasteiger partial charge in [-0.05, 0) is 18.9 Å².